The quantitative estimate of drug-likeness (QED) is 0.855. The highest BCUT2D eigenvalue weighted by Crippen LogP contribution is 2.23. The topological polar surface area (TPSA) is 42.0 Å². The predicted molar refractivity (Wildman–Crippen MR) is 82.2 cm³/mol. The van der Waals surface area contributed by atoms with Crippen molar-refractivity contribution in [2.45, 2.75) is 17.6 Å². The number of thioether (sulfide) groups is 1. The van der Waals surface area contributed by atoms with Gasteiger partial charge < -0.3 is 5.32 Å². The molecule has 19 heavy (non-hydrogen) atoms. The molecule has 0 aliphatic rings. The van der Waals surface area contributed by atoms with Crippen LogP contribution in [0.15, 0.2) is 52.0 Å². The molecule has 2 aromatic rings. The summed E-state index contributed by atoms with van der Waals surface area (Å²) < 4.78 is 0.987. The van der Waals surface area contributed by atoms with Gasteiger partial charge in [-0.3, -0.25) is 9.78 Å². The van der Waals surface area contributed by atoms with Crippen LogP contribution in [0.4, 0.5) is 5.69 Å². The van der Waals surface area contributed by atoms with Crippen molar-refractivity contribution < 1.29 is 4.79 Å². The van der Waals surface area contributed by atoms with Crippen molar-refractivity contribution >= 4 is 39.3 Å². The summed E-state index contributed by atoms with van der Waals surface area (Å²) in [4.78, 5) is 16.4. The van der Waals surface area contributed by atoms with Gasteiger partial charge in [-0.2, -0.15) is 0 Å². The molecule has 0 radical (unpaired) electrons. The molecule has 0 fully saturated rings. The minimum absolute atomic E-state index is 0.0561. The van der Waals surface area contributed by atoms with Crippen LogP contribution in [0.1, 0.15) is 12.6 Å². The predicted octanol–water partition coefficient (Wildman–Crippen LogP) is 4.09. The van der Waals surface area contributed by atoms with Gasteiger partial charge in [0.1, 0.15) is 0 Å². The molecule has 0 aliphatic heterocycles. The third kappa shape index (κ3) is 4.69. The molecule has 0 atom stereocenters. The standard InChI is InChI=1S/C14H13BrN2OS/c1-10(18)17-12-4-6-14(7-5-12)19-9-13-3-2-11(15)8-16-13/h2-8H,9H2,1H3,(H,17,18). The number of pyridine rings is 1. The summed E-state index contributed by atoms with van der Waals surface area (Å²) in [5.74, 6) is 0.770. The van der Waals surface area contributed by atoms with Crippen LogP contribution in [0.2, 0.25) is 0 Å². The Hall–Kier alpha value is -1.33. The summed E-state index contributed by atoms with van der Waals surface area (Å²) in [5, 5.41) is 2.75. The van der Waals surface area contributed by atoms with E-state index in [1.165, 1.54) is 6.92 Å². The van der Waals surface area contributed by atoms with Crippen LogP contribution in [0.25, 0.3) is 0 Å². The van der Waals surface area contributed by atoms with Gasteiger partial charge in [0.05, 0.1) is 5.69 Å². The van der Waals surface area contributed by atoms with E-state index in [0.29, 0.717) is 0 Å². The van der Waals surface area contributed by atoms with Crippen molar-refractivity contribution in [2.75, 3.05) is 5.32 Å². The zero-order valence-electron chi connectivity index (χ0n) is 10.4. The summed E-state index contributed by atoms with van der Waals surface area (Å²) in [6.45, 7) is 1.50. The molecular weight excluding hydrogens is 324 g/mol. The number of hydrogen-bond donors (Lipinski definition) is 1. The van der Waals surface area contributed by atoms with Gasteiger partial charge in [0.2, 0.25) is 5.91 Å². The molecule has 98 valence electrons. The van der Waals surface area contributed by atoms with Gasteiger partial charge in [-0.1, -0.05) is 0 Å². The maximum Gasteiger partial charge on any atom is 0.221 e. The molecule has 0 saturated heterocycles. The lowest BCUT2D eigenvalue weighted by atomic mass is 10.3. The number of benzene rings is 1. The van der Waals surface area contributed by atoms with Crippen LogP contribution in [0, 0.1) is 0 Å². The number of aromatic nitrogens is 1. The summed E-state index contributed by atoms with van der Waals surface area (Å²) in [7, 11) is 0. The highest BCUT2D eigenvalue weighted by atomic mass is 79.9. The third-order valence-electron chi connectivity index (χ3n) is 2.35. The lowest BCUT2D eigenvalue weighted by molar-refractivity contribution is -0.114. The van der Waals surface area contributed by atoms with Crippen molar-refractivity contribution in [1.82, 2.24) is 4.98 Å². The van der Waals surface area contributed by atoms with E-state index in [2.05, 4.69) is 26.2 Å². The highest BCUT2D eigenvalue weighted by molar-refractivity contribution is 9.10. The number of hydrogen-bond acceptors (Lipinski definition) is 3. The van der Waals surface area contributed by atoms with Crippen LogP contribution in [0.3, 0.4) is 0 Å². The second-order valence-corrected chi connectivity index (χ2v) is 5.93. The largest absolute Gasteiger partial charge is 0.326 e. The first-order valence-electron chi connectivity index (χ1n) is 5.74. The Morgan fingerprint density at radius 1 is 1.26 bits per heavy atom. The summed E-state index contributed by atoms with van der Waals surface area (Å²) in [5.41, 5.74) is 1.86. The van der Waals surface area contributed by atoms with Crippen molar-refractivity contribution in [3.63, 3.8) is 0 Å². The van der Waals surface area contributed by atoms with Gasteiger partial charge in [-0.25, -0.2) is 0 Å². The van der Waals surface area contributed by atoms with E-state index in [1.54, 1.807) is 18.0 Å². The van der Waals surface area contributed by atoms with E-state index < -0.39 is 0 Å². The fraction of sp³-hybridized carbons (Fsp3) is 0.143. The molecule has 3 nitrogen and oxygen atoms in total. The van der Waals surface area contributed by atoms with Crippen molar-refractivity contribution in [3.05, 3.63) is 52.8 Å². The van der Waals surface area contributed by atoms with Gasteiger partial charge in [-0.15, -0.1) is 11.8 Å². The number of halogens is 1. The molecule has 1 N–H and O–H groups in total. The van der Waals surface area contributed by atoms with Crippen LogP contribution in [0.5, 0.6) is 0 Å². The van der Waals surface area contributed by atoms with E-state index in [9.17, 15) is 4.79 Å². The second-order valence-electron chi connectivity index (χ2n) is 3.96. The molecule has 0 saturated carbocycles. The number of nitrogens with one attached hydrogen (secondary N) is 1. The number of rotatable bonds is 4. The minimum atomic E-state index is -0.0561. The van der Waals surface area contributed by atoms with Crippen LogP contribution >= 0.6 is 27.7 Å². The second kappa shape index (κ2) is 6.73. The Balaban J connectivity index is 1.92. The van der Waals surface area contributed by atoms with Crippen molar-refractivity contribution in [2.24, 2.45) is 0 Å². The Morgan fingerprint density at radius 3 is 2.58 bits per heavy atom. The van der Waals surface area contributed by atoms with Gasteiger partial charge in [0, 0.05) is 33.9 Å². The molecule has 1 heterocycles. The number of nitrogens with zero attached hydrogens (tertiary/aromatic N) is 1. The molecule has 0 bridgehead atoms. The molecule has 1 aromatic heterocycles. The molecule has 0 unspecified atom stereocenters. The first-order chi connectivity index (χ1) is 9.13. The third-order valence-corrected chi connectivity index (χ3v) is 3.86. The summed E-state index contributed by atoms with van der Waals surface area (Å²) in [6, 6.07) is 11.8. The van der Waals surface area contributed by atoms with E-state index in [0.717, 1.165) is 26.5 Å². The Kier molecular flexibility index (Phi) is 4.99. The highest BCUT2D eigenvalue weighted by Gasteiger charge is 1.99. The van der Waals surface area contributed by atoms with Crippen LogP contribution < -0.4 is 5.32 Å². The average Bonchev–Trinajstić information content (AvgIpc) is 2.39. The first-order valence-corrected chi connectivity index (χ1v) is 7.52. The van der Waals surface area contributed by atoms with Gasteiger partial charge in [0.25, 0.3) is 0 Å². The number of amides is 1. The Morgan fingerprint density at radius 2 is 2.00 bits per heavy atom. The van der Waals surface area contributed by atoms with Crippen molar-refractivity contribution in [1.29, 1.82) is 0 Å². The zero-order chi connectivity index (χ0) is 13.7. The minimum Gasteiger partial charge on any atom is -0.326 e. The fourth-order valence-electron chi connectivity index (χ4n) is 1.49. The molecule has 5 heteroatoms. The number of anilines is 1. The molecule has 1 amide bonds. The Bertz CT molecular complexity index is 555. The van der Waals surface area contributed by atoms with Gasteiger partial charge in [-0.05, 0) is 52.3 Å². The molecule has 1 aromatic carbocycles. The number of carbonyl (C=O) groups excluding carboxylic acids is 1. The zero-order valence-corrected chi connectivity index (χ0v) is 12.8. The maximum atomic E-state index is 10.9. The number of carbonyl (C=O) groups is 1. The molecule has 0 spiro atoms. The van der Waals surface area contributed by atoms with E-state index in [4.69, 9.17) is 0 Å². The van der Waals surface area contributed by atoms with Crippen molar-refractivity contribution in [3.8, 4) is 0 Å². The SMILES string of the molecule is CC(=O)Nc1ccc(SCc2ccc(Br)cn2)cc1. The first kappa shape index (κ1) is 14.1. The van der Waals surface area contributed by atoms with Crippen LogP contribution in [-0.2, 0) is 10.5 Å². The monoisotopic (exact) mass is 336 g/mol. The van der Waals surface area contributed by atoms with E-state index in [1.807, 2.05) is 36.4 Å². The normalized spacial score (nSPS) is 10.2. The lowest BCUT2D eigenvalue weighted by Crippen LogP contribution is -2.05. The van der Waals surface area contributed by atoms with Gasteiger partial charge >= 0.3 is 0 Å². The molecule has 0 aliphatic carbocycles. The van der Waals surface area contributed by atoms with Gasteiger partial charge in [0.15, 0.2) is 0 Å². The maximum absolute atomic E-state index is 10.9. The Labute approximate surface area is 125 Å². The summed E-state index contributed by atoms with van der Waals surface area (Å²) >= 11 is 5.08. The lowest BCUT2D eigenvalue weighted by Gasteiger charge is -2.04. The molecular formula is C14H13BrN2OS. The smallest absolute Gasteiger partial charge is 0.221 e. The van der Waals surface area contributed by atoms with E-state index >= 15 is 0 Å². The summed E-state index contributed by atoms with van der Waals surface area (Å²) in [6.07, 6.45) is 1.80. The molecule has 2 rings (SSSR count). The van der Waals surface area contributed by atoms with Crippen LogP contribution in [-0.4, -0.2) is 10.9 Å². The average molecular weight is 337 g/mol. The van der Waals surface area contributed by atoms with E-state index in [-0.39, 0.29) is 5.91 Å². The fourth-order valence-corrected chi connectivity index (χ4v) is 2.54.